The first-order valence-electron chi connectivity index (χ1n) is 6.98. The van der Waals surface area contributed by atoms with Crippen molar-refractivity contribution in [1.29, 1.82) is 0 Å². The van der Waals surface area contributed by atoms with Gasteiger partial charge < -0.3 is 5.73 Å². The average molecular weight is 274 g/mol. The first-order valence-corrected chi connectivity index (χ1v) is 6.98. The van der Waals surface area contributed by atoms with Crippen molar-refractivity contribution in [2.75, 3.05) is 6.54 Å². The van der Waals surface area contributed by atoms with Gasteiger partial charge in [-0.15, -0.1) is 0 Å². The third kappa shape index (κ3) is 2.98. The predicted molar refractivity (Wildman–Crippen MR) is 79.1 cm³/mol. The maximum atomic E-state index is 12.5. The summed E-state index contributed by atoms with van der Waals surface area (Å²) in [4.78, 5) is 22.6. The molecule has 0 bridgehead atoms. The molecule has 2 N–H and O–H groups in total. The topological polar surface area (TPSA) is 71.6 Å². The Labute approximate surface area is 119 Å². The van der Waals surface area contributed by atoms with Crippen LogP contribution < -0.4 is 5.73 Å². The summed E-state index contributed by atoms with van der Waals surface area (Å²) in [6, 6.07) is 3.88. The van der Waals surface area contributed by atoms with Crippen molar-refractivity contribution in [3.8, 4) is 0 Å². The Hall–Kier alpha value is -1.91. The van der Waals surface area contributed by atoms with Crippen LogP contribution in [0.3, 0.4) is 0 Å². The lowest BCUT2D eigenvalue weighted by Gasteiger charge is -2.23. The van der Waals surface area contributed by atoms with Gasteiger partial charge in [-0.05, 0) is 37.3 Å². The second-order valence-corrected chi connectivity index (χ2v) is 5.91. The molecular weight excluding hydrogens is 252 g/mol. The molecule has 0 aromatic carbocycles. The van der Waals surface area contributed by atoms with Gasteiger partial charge in [0.2, 0.25) is 0 Å². The number of aromatic nitrogens is 1. The summed E-state index contributed by atoms with van der Waals surface area (Å²) in [5.41, 5.74) is 6.31. The fraction of sp³-hybridized carbons (Fsp3) is 0.533. The van der Waals surface area contributed by atoms with Gasteiger partial charge >= 0.3 is 0 Å². The molecule has 0 fully saturated rings. The Morgan fingerprint density at radius 2 is 2.20 bits per heavy atom. The molecule has 0 radical (unpaired) electrons. The van der Waals surface area contributed by atoms with E-state index in [1.807, 2.05) is 19.1 Å². The molecule has 1 atom stereocenters. The van der Waals surface area contributed by atoms with Gasteiger partial charge in [0.05, 0.1) is 0 Å². The number of carbonyl (C=O) groups is 1. The monoisotopic (exact) mass is 274 g/mol. The van der Waals surface area contributed by atoms with Crippen LogP contribution in [-0.2, 0) is 11.2 Å². The number of amides is 1. The summed E-state index contributed by atoms with van der Waals surface area (Å²) in [5.74, 6) is 0.744. The summed E-state index contributed by atoms with van der Waals surface area (Å²) in [5, 5.41) is 0. The predicted octanol–water partition coefficient (Wildman–Crippen LogP) is 1.59. The molecule has 5 heteroatoms. The molecule has 0 aliphatic carbocycles. The highest BCUT2D eigenvalue weighted by Crippen LogP contribution is 2.28. The van der Waals surface area contributed by atoms with E-state index in [-0.39, 0.29) is 5.91 Å². The van der Waals surface area contributed by atoms with Crippen LogP contribution >= 0.6 is 0 Å². The Kier molecular flexibility index (Phi) is 4.06. The van der Waals surface area contributed by atoms with E-state index in [9.17, 15) is 4.79 Å². The maximum Gasteiger partial charge on any atom is 0.257 e. The van der Waals surface area contributed by atoms with Crippen LogP contribution in [0.2, 0.25) is 0 Å². The number of hydrogen-bond donors (Lipinski definition) is 1. The zero-order chi connectivity index (χ0) is 14.8. The standard InChI is InChI=1S/C15H22N4O/c1-11(2)9-15(3)13(20)19(14(16)18-15)8-6-12-5-4-7-17-10-12/h4-5,7,10-11H,6,8-9H2,1-3H3,(H2,16,18). The van der Waals surface area contributed by atoms with Gasteiger partial charge in [0.1, 0.15) is 5.54 Å². The van der Waals surface area contributed by atoms with Crippen LogP contribution in [0.4, 0.5) is 0 Å². The molecule has 1 aromatic heterocycles. The van der Waals surface area contributed by atoms with E-state index in [1.54, 1.807) is 17.3 Å². The molecule has 0 saturated heterocycles. The van der Waals surface area contributed by atoms with E-state index in [2.05, 4.69) is 23.8 Å². The summed E-state index contributed by atoms with van der Waals surface area (Å²) in [7, 11) is 0. The first-order chi connectivity index (χ1) is 9.42. The number of pyridine rings is 1. The molecule has 1 aliphatic heterocycles. The van der Waals surface area contributed by atoms with Crippen LogP contribution in [0.25, 0.3) is 0 Å². The van der Waals surface area contributed by atoms with Gasteiger partial charge in [-0.2, -0.15) is 0 Å². The van der Waals surface area contributed by atoms with E-state index in [0.29, 0.717) is 18.4 Å². The number of guanidine groups is 1. The van der Waals surface area contributed by atoms with Crippen LogP contribution in [0.15, 0.2) is 29.5 Å². The minimum Gasteiger partial charge on any atom is -0.369 e. The van der Waals surface area contributed by atoms with E-state index < -0.39 is 5.54 Å². The van der Waals surface area contributed by atoms with Crippen LogP contribution in [0.5, 0.6) is 0 Å². The van der Waals surface area contributed by atoms with Crippen molar-refractivity contribution < 1.29 is 4.79 Å². The Bertz CT molecular complexity index is 512. The quantitative estimate of drug-likeness (QED) is 0.886. The fourth-order valence-electron chi connectivity index (χ4n) is 2.69. The van der Waals surface area contributed by atoms with Gasteiger partial charge in [0, 0.05) is 18.9 Å². The van der Waals surface area contributed by atoms with Crippen molar-refractivity contribution in [3.05, 3.63) is 30.1 Å². The zero-order valence-corrected chi connectivity index (χ0v) is 12.3. The number of carbonyl (C=O) groups excluding carboxylic acids is 1. The summed E-state index contributed by atoms with van der Waals surface area (Å²) in [6.45, 7) is 6.59. The first kappa shape index (κ1) is 14.5. The lowest BCUT2D eigenvalue weighted by atomic mass is 9.91. The van der Waals surface area contributed by atoms with Crippen LogP contribution in [0.1, 0.15) is 32.8 Å². The summed E-state index contributed by atoms with van der Waals surface area (Å²) >= 11 is 0. The second kappa shape index (κ2) is 5.61. The zero-order valence-electron chi connectivity index (χ0n) is 12.3. The molecule has 1 unspecified atom stereocenters. The Morgan fingerprint density at radius 1 is 1.45 bits per heavy atom. The van der Waals surface area contributed by atoms with Crippen LogP contribution in [0, 0.1) is 5.92 Å². The van der Waals surface area contributed by atoms with Crippen molar-refractivity contribution in [2.24, 2.45) is 16.6 Å². The lowest BCUT2D eigenvalue weighted by Crippen LogP contribution is -2.44. The van der Waals surface area contributed by atoms with Crippen LogP contribution in [-0.4, -0.2) is 33.8 Å². The van der Waals surface area contributed by atoms with E-state index >= 15 is 0 Å². The fourth-order valence-corrected chi connectivity index (χ4v) is 2.69. The minimum atomic E-state index is -0.701. The molecule has 1 amide bonds. The molecular formula is C15H22N4O. The molecule has 0 saturated carbocycles. The van der Waals surface area contributed by atoms with Crippen molar-refractivity contribution in [2.45, 2.75) is 39.2 Å². The number of aliphatic imine (C=N–C) groups is 1. The smallest absolute Gasteiger partial charge is 0.257 e. The number of rotatable bonds is 5. The maximum absolute atomic E-state index is 12.5. The molecule has 108 valence electrons. The lowest BCUT2D eigenvalue weighted by molar-refractivity contribution is -0.131. The van der Waals surface area contributed by atoms with Gasteiger partial charge in [0.25, 0.3) is 5.91 Å². The molecule has 0 spiro atoms. The molecule has 1 aromatic rings. The highest BCUT2D eigenvalue weighted by molar-refractivity contribution is 6.06. The van der Waals surface area contributed by atoms with E-state index in [4.69, 9.17) is 5.73 Å². The number of nitrogens with two attached hydrogens (primary N) is 1. The molecule has 1 aliphatic rings. The van der Waals surface area contributed by atoms with Crippen molar-refractivity contribution in [3.63, 3.8) is 0 Å². The normalized spacial score (nSPS) is 22.5. The highest BCUT2D eigenvalue weighted by Gasteiger charge is 2.43. The molecule has 2 heterocycles. The van der Waals surface area contributed by atoms with E-state index in [1.165, 1.54) is 0 Å². The highest BCUT2D eigenvalue weighted by atomic mass is 16.2. The third-order valence-corrected chi connectivity index (χ3v) is 3.50. The van der Waals surface area contributed by atoms with E-state index in [0.717, 1.165) is 18.4 Å². The van der Waals surface area contributed by atoms with Gasteiger partial charge in [-0.3, -0.25) is 14.7 Å². The SMILES string of the molecule is CC(C)CC1(C)N=C(N)N(CCc2cccnc2)C1=O. The number of hydrogen-bond acceptors (Lipinski definition) is 4. The Balaban J connectivity index is 2.04. The van der Waals surface area contributed by atoms with Crippen molar-refractivity contribution >= 4 is 11.9 Å². The summed E-state index contributed by atoms with van der Waals surface area (Å²) in [6.07, 6.45) is 4.99. The van der Waals surface area contributed by atoms with Gasteiger partial charge in [-0.25, -0.2) is 4.99 Å². The summed E-state index contributed by atoms with van der Waals surface area (Å²) < 4.78 is 0. The van der Waals surface area contributed by atoms with Crippen molar-refractivity contribution in [1.82, 2.24) is 9.88 Å². The number of nitrogens with zero attached hydrogens (tertiary/aromatic N) is 3. The van der Waals surface area contributed by atoms with Gasteiger partial charge in [-0.1, -0.05) is 19.9 Å². The Morgan fingerprint density at radius 3 is 2.80 bits per heavy atom. The molecule has 2 rings (SSSR count). The molecule has 20 heavy (non-hydrogen) atoms. The largest absolute Gasteiger partial charge is 0.369 e. The van der Waals surface area contributed by atoms with Gasteiger partial charge in [0.15, 0.2) is 5.96 Å². The minimum absolute atomic E-state index is 0.00703. The third-order valence-electron chi connectivity index (χ3n) is 3.50. The average Bonchev–Trinajstić information content (AvgIpc) is 2.58. The molecule has 5 nitrogen and oxygen atoms in total. The second-order valence-electron chi connectivity index (χ2n) is 5.91.